The molecule has 0 aromatic carbocycles. The highest BCUT2D eigenvalue weighted by Gasteiger charge is 2.21. The summed E-state index contributed by atoms with van der Waals surface area (Å²) in [4.78, 5) is 15.6. The van der Waals surface area contributed by atoms with Gasteiger partial charge in [0.05, 0.1) is 10.5 Å². The summed E-state index contributed by atoms with van der Waals surface area (Å²) in [5, 5.41) is 0.675. The molecule has 1 aliphatic carbocycles. The molecule has 2 aromatic heterocycles. The molecule has 0 radical (unpaired) electrons. The Morgan fingerprint density at radius 3 is 2.78 bits per heavy atom. The van der Waals surface area contributed by atoms with Crippen molar-refractivity contribution in [1.29, 1.82) is 0 Å². The first-order valence-corrected chi connectivity index (χ1v) is 6.80. The van der Waals surface area contributed by atoms with E-state index in [1.165, 1.54) is 19.3 Å². The Bertz CT molecular complexity index is 585. The Morgan fingerprint density at radius 2 is 2.06 bits per heavy atom. The molecule has 0 saturated heterocycles. The van der Waals surface area contributed by atoms with Crippen LogP contribution in [0, 0.1) is 0 Å². The predicted molar refractivity (Wildman–Crippen MR) is 71.4 cm³/mol. The molecule has 0 bridgehead atoms. The third-order valence-electron chi connectivity index (χ3n) is 3.74. The van der Waals surface area contributed by atoms with E-state index in [0.29, 0.717) is 16.6 Å². The van der Waals surface area contributed by atoms with Crippen LogP contribution in [0.3, 0.4) is 0 Å². The van der Waals surface area contributed by atoms with Gasteiger partial charge in [0.15, 0.2) is 6.29 Å². The molecule has 0 N–H and O–H groups in total. The summed E-state index contributed by atoms with van der Waals surface area (Å²) < 4.78 is 1.99. The fraction of sp³-hybridized carbons (Fsp3) is 0.429. The molecular weight excluding hydrogens is 248 g/mol. The van der Waals surface area contributed by atoms with Gasteiger partial charge < -0.3 is 4.40 Å². The van der Waals surface area contributed by atoms with E-state index < -0.39 is 0 Å². The van der Waals surface area contributed by atoms with E-state index in [1.807, 2.05) is 16.7 Å². The maximum Gasteiger partial charge on any atom is 0.170 e. The standard InChI is InChI=1S/C14H15ClN2O/c15-11-6-7-13-12(9-18)16-14(17(13)8-11)10-4-2-1-3-5-10/h6-10H,1-5H2. The fourth-order valence-corrected chi connectivity index (χ4v) is 3.00. The lowest BCUT2D eigenvalue weighted by atomic mass is 9.89. The SMILES string of the molecule is O=Cc1nc(C2CCCCC2)n2cc(Cl)ccc12. The van der Waals surface area contributed by atoms with Crippen LogP contribution in [0.1, 0.15) is 54.3 Å². The van der Waals surface area contributed by atoms with Crippen LogP contribution < -0.4 is 0 Å². The van der Waals surface area contributed by atoms with Crippen molar-refractivity contribution in [2.45, 2.75) is 38.0 Å². The van der Waals surface area contributed by atoms with E-state index in [1.54, 1.807) is 6.07 Å². The molecule has 0 spiro atoms. The second-order valence-corrected chi connectivity index (χ2v) is 5.35. The summed E-state index contributed by atoms with van der Waals surface area (Å²) in [6, 6.07) is 3.67. The Labute approximate surface area is 111 Å². The first-order chi connectivity index (χ1) is 8.79. The number of pyridine rings is 1. The quantitative estimate of drug-likeness (QED) is 0.771. The average Bonchev–Trinajstić information content (AvgIpc) is 2.77. The highest BCUT2D eigenvalue weighted by atomic mass is 35.5. The maximum atomic E-state index is 11.1. The fourth-order valence-electron chi connectivity index (χ4n) is 2.84. The highest BCUT2D eigenvalue weighted by Crippen LogP contribution is 2.33. The number of hydrogen-bond donors (Lipinski definition) is 0. The van der Waals surface area contributed by atoms with Crippen molar-refractivity contribution in [3.8, 4) is 0 Å². The number of aromatic nitrogens is 2. The van der Waals surface area contributed by atoms with Gasteiger partial charge in [-0.2, -0.15) is 0 Å². The van der Waals surface area contributed by atoms with Crippen LogP contribution in [-0.4, -0.2) is 15.7 Å². The number of hydrogen-bond acceptors (Lipinski definition) is 2. The van der Waals surface area contributed by atoms with Gasteiger partial charge in [0, 0.05) is 12.1 Å². The summed E-state index contributed by atoms with van der Waals surface area (Å²) >= 11 is 6.05. The Morgan fingerprint density at radius 1 is 1.28 bits per heavy atom. The summed E-state index contributed by atoms with van der Waals surface area (Å²) in [5.41, 5.74) is 1.38. The number of fused-ring (bicyclic) bond motifs is 1. The molecule has 94 valence electrons. The molecular formula is C14H15ClN2O. The van der Waals surface area contributed by atoms with Crippen molar-refractivity contribution >= 4 is 23.4 Å². The van der Waals surface area contributed by atoms with Crippen molar-refractivity contribution in [3.05, 3.63) is 34.9 Å². The Balaban J connectivity index is 2.15. The van der Waals surface area contributed by atoms with Gasteiger partial charge >= 0.3 is 0 Å². The molecule has 0 atom stereocenters. The van der Waals surface area contributed by atoms with Gasteiger partial charge in [-0.05, 0) is 25.0 Å². The number of carbonyl (C=O) groups is 1. The van der Waals surface area contributed by atoms with Gasteiger partial charge in [0.25, 0.3) is 0 Å². The molecule has 3 rings (SSSR count). The van der Waals surface area contributed by atoms with Gasteiger partial charge in [-0.15, -0.1) is 0 Å². The summed E-state index contributed by atoms with van der Waals surface area (Å²) in [5.74, 6) is 1.45. The molecule has 1 saturated carbocycles. The third-order valence-corrected chi connectivity index (χ3v) is 3.96. The van der Waals surface area contributed by atoms with Gasteiger partial charge in [-0.1, -0.05) is 30.9 Å². The number of nitrogens with zero attached hydrogens (tertiary/aromatic N) is 2. The van der Waals surface area contributed by atoms with E-state index in [2.05, 4.69) is 4.98 Å². The zero-order valence-corrected chi connectivity index (χ0v) is 10.9. The molecule has 3 nitrogen and oxygen atoms in total. The average molecular weight is 263 g/mol. The number of rotatable bonds is 2. The summed E-state index contributed by atoms with van der Waals surface area (Å²) in [7, 11) is 0. The van der Waals surface area contributed by atoms with Gasteiger partial charge in [0.2, 0.25) is 0 Å². The molecule has 0 unspecified atom stereocenters. The predicted octanol–water partition coefficient (Wildman–Crippen LogP) is 3.85. The lowest BCUT2D eigenvalue weighted by molar-refractivity contribution is 0.112. The molecule has 1 aliphatic rings. The van der Waals surface area contributed by atoms with E-state index >= 15 is 0 Å². The second-order valence-electron chi connectivity index (χ2n) is 4.91. The normalized spacial score (nSPS) is 17.2. The van der Waals surface area contributed by atoms with Crippen LogP contribution in [0.25, 0.3) is 5.52 Å². The molecule has 18 heavy (non-hydrogen) atoms. The van der Waals surface area contributed by atoms with Crippen LogP contribution in [0.4, 0.5) is 0 Å². The summed E-state index contributed by atoms with van der Waals surface area (Å²) in [6.07, 6.45) is 8.80. The van der Waals surface area contributed by atoms with Crippen LogP contribution in [-0.2, 0) is 0 Å². The highest BCUT2D eigenvalue weighted by molar-refractivity contribution is 6.30. The van der Waals surface area contributed by atoms with E-state index in [-0.39, 0.29) is 0 Å². The first kappa shape index (κ1) is 11.7. The van der Waals surface area contributed by atoms with E-state index in [4.69, 9.17) is 11.6 Å². The largest absolute Gasteiger partial charge is 0.301 e. The number of carbonyl (C=O) groups excluding carboxylic acids is 1. The van der Waals surface area contributed by atoms with E-state index in [0.717, 1.165) is 30.5 Å². The molecule has 2 heterocycles. The van der Waals surface area contributed by atoms with Gasteiger partial charge in [-0.3, -0.25) is 4.79 Å². The number of halogens is 1. The minimum absolute atomic E-state index is 0.457. The molecule has 0 amide bonds. The zero-order valence-electron chi connectivity index (χ0n) is 10.1. The first-order valence-electron chi connectivity index (χ1n) is 6.42. The van der Waals surface area contributed by atoms with Crippen molar-refractivity contribution in [2.24, 2.45) is 0 Å². The minimum atomic E-state index is 0.457. The molecule has 2 aromatic rings. The topological polar surface area (TPSA) is 34.4 Å². The number of imidazole rings is 1. The van der Waals surface area contributed by atoms with Crippen molar-refractivity contribution in [3.63, 3.8) is 0 Å². The van der Waals surface area contributed by atoms with Crippen LogP contribution in [0.15, 0.2) is 18.3 Å². The minimum Gasteiger partial charge on any atom is -0.301 e. The Hall–Kier alpha value is -1.35. The second kappa shape index (κ2) is 4.73. The number of aldehydes is 1. The maximum absolute atomic E-state index is 11.1. The van der Waals surface area contributed by atoms with Gasteiger partial charge in [-0.25, -0.2) is 4.98 Å². The molecule has 0 aliphatic heterocycles. The zero-order chi connectivity index (χ0) is 12.5. The molecule has 4 heteroatoms. The Kier molecular flexibility index (Phi) is 3.08. The van der Waals surface area contributed by atoms with Crippen molar-refractivity contribution < 1.29 is 4.79 Å². The van der Waals surface area contributed by atoms with Crippen LogP contribution in [0.5, 0.6) is 0 Å². The lowest BCUT2D eigenvalue weighted by Crippen LogP contribution is -2.08. The molecule has 1 fully saturated rings. The van der Waals surface area contributed by atoms with Crippen LogP contribution in [0.2, 0.25) is 5.02 Å². The lowest BCUT2D eigenvalue weighted by Gasteiger charge is -2.20. The smallest absolute Gasteiger partial charge is 0.170 e. The monoisotopic (exact) mass is 262 g/mol. The van der Waals surface area contributed by atoms with Crippen molar-refractivity contribution in [1.82, 2.24) is 9.38 Å². The third kappa shape index (κ3) is 1.93. The summed E-state index contributed by atoms with van der Waals surface area (Å²) in [6.45, 7) is 0. The van der Waals surface area contributed by atoms with Gasteiger partial charge in [0.1, 0.15) is 11.5 Å². The van der Waals surface area contributed by atoms with Crippen LogP contribution >= 0.6 is 11.6 Å². The van der Waals surface area contributed by atoms with Crippen molar-refractivity contribution in [2.75, 3.05) is 0 Å². The van der Waals surface area contributed by atoms with E-state index in [9.17, 15) is 4.79 Å².